The van der Waals surface area contributed by atoms with Crippen LogP contribution in [0, 0.1) is 5.92 Å². The molecule has 2 heterocycles. The number of fused-ring (bicyclic) bond motifs is 1. The molecule has 0 spiro atoms. The van der Waals surface area contributed by atoms with E-state index in [4.69, 9.17) is 9.15 Å². The summed E-state index contributed by atoms with van der Waals surface area (Å²) in [5.74, 6) is 1.02. The smallest absolute Gasteiger partial charge is 0.336 e. The van der Waals surface area contributed by atoms with Crippen LogP contribution in [0.3, 0.4) is 0 Å². The third-order valence-corrected chi connectivity index (χ3v) is 4.32. The maximum atomic E-state index is 12.3. The molecule has 1 aliphatic rings. The number of nitrogens with zero attached hydrogens (tertiary/aromatic N) is 1. The summed E-state index contributed by atoms with van der Waals surface area (Å²) < 4.78 is 10.7. The number of piperidine rings is 1. The van der Waals surface area contributed by atoms with Crippen molar-refractivity contribution in [2.75, 3.05) is 33.3 Å². The first-order valence-corrected chi connectivity index (χ1v) is 8.25. The quantitative estimate of drug-likeness (QED) is 0.844. The Kier molecular flexibility index (Phi) is 5.15. The third kappa shape index (κ3) is 3.94. The zero-order valence-electron chi connectivity index (χ0n) is 13.8. The molecule has 1 saturated heterocycles. The summed E-state index contributed by atoms with van der Waals surface area (Å²) in [5, 5.41) is 3.99. The molecule has 1 N–H and O–H groups in total. The SMILES string of the molecule is CNCC1CCCN(C(=O)COc2ccc3ccc(=O)oc3c2)C1. The summed E-state index contributed by atoms with van der Waals surface area (Å²) in [5.41, 5.74) is 0.0547. The standard InChI is InChI=1S/C18H22N2O4/c1-19-10-13-3-2-8-20(11-13)17(21)12-23-15-6-4-14-5-7-18(22)24-16(14)9-15/h4-7,9,13,19H,2-3,8,10-12H2,1H3. The number of hydrogen-bond acceptors (Lipinski definition) is 5. The minimum absolute atomic E-state index is 0.00511. The van der Waals surface area contributed by atoms with Gasteiger partial charge in [-0.25, -0.2) is 4.79 Å². The van der Waals surface area contributed by atoms with E-state index in [1.165, 1.54) is 6.07 Å². The number of ether oxygens (including phenoxy) is 1. The zero-order valence-corrected chi connectivity index (χ0v) is 13.8. The lowest BCUT2D eigenvalue weighted by atomic mass is 9.98. The number of likely N-dealkylation sites (tertiary alicyclic amines) is 1. The summed E-state index contributed by atoms with van der Waals surface area (Å²) in [6.45, 7) is 2.48. The van der Waals surface area contributed by atoms with Crippen LogP contribution >= 0.6 is 0 Å². The summed E-state index contributed by atoms with van der Waals surface area (Å²) in [6.07, 6.45) is 2.18. The maximum absolute atomic E-state index is 12.3. The van der Waals surface area contributed by atoms with Crippen molar-refractivity contribution < 1.29 is 13.9 Å². The molecule has 1 aliphatic heterocycles. The van der Waals surface area contributed by atoms with Crippen molar-refractivity contribution in [3.05, 3.63) is 40.8 Å². The average Bonchev–Trinajstić information content (AvgIpc) is 2.60. The Hall–Kier alpha value is -2.34. The minimum atomic E-state index is -0.403. The van der Waals surface area contributed by atoms with E-state index < -0.39 is 5.63 Å². The van der Waals surface area contributed by atoms with E-state index in [1.807, 2.05) is 18.0 Å². The summed E-state index contributed by atoms with van der Waals surface area (Å²) in [6, 6.07) is 8.30. The van der Waals surface area contributed by atoms with Gasteiger partial charge in [-0.05, 0) is 50.6 Å². The van der Waals surface area contributed by atoms with Gasteiger partial charge in [0.2, 0.25) is 0 Å². The highest BCUT2D eigenvalue weighted by atomic mass is 16.5. The van der Waals surface area contributed by atoms with Gasteiger partial charge in [-0.2, -0.15) is 0 Å². The van der Waals surface area contributed by atoms with Gasteiger partial charge in [0.15, 0.2) is 6.61 Å². The van der Waals surface area contributed by atoms with Crippen molar-refractivity contribution in [1.82, 2.24) is 10.2 Å². The highest BCUT2D eigenvalue weighted by Gasteiger charge is 2.23. The molecule has 6 heteroatoms. The van der Waals surface area contributed by atoms with Crippen molar-refractivity contribution in [3.63, 3.8) is 0 Å². The van der Waals surface area contributed by atoms with Crippen LogP contribution in [0.15, 0.2) is 39.5 Å². The Morgan fingerprint density at radius 2 is 2.21 bits per heavy atom. The average molecular weight is 330 g/mol. The number of hydrogen-bond donors (Lipinski definition) is 1. The fourth-order valence-corrected chi connectivity index (χ4v) is 3.11. The van der Waals surface area contributed by atoms with Crippen molar-refractivity contribution in [2.24, 2.45) is 5.92 Å². The number of amides is 1. The van der Waals surface area contributed by atoms with E-state index >= 15 is 0 Å². The fourth-order valence-electron chi connectivity index (χ4n) is 3.11. The lowest BCUT2D eigenvalue weighted by Crippen LogP contribution is -2.44. The fraction of sp³-hybridized carbons (Fsp3) is 0.444. The van der Waals surface area contributed by atoms with E-state index in [1.54, 1.807) is 18.2 Å². The molecule has 0 saturated carbocycles. The van der Waals surface area contributed by atoms with Crippen LogP contribution in [0.5, 0.6) is 5.75 Å². The molecule has 1 atom stereocenters. The lowest BCUT2D eigenvalue weighted by molar-refractivity contribution is -0.135. The van der Waals surface area contributed by atoms with Crippen LogP contribution in [-0.4, -0.2) is 44.1 Å². The Labute approximate surface area is 140 Å². The van der Waals surface area contributed by atoms with Crippen LogP contribution in [-0.2, 0) is 4.79 Å². The largest absolute Gasteiger partial charge is 0.484 e. The third-order valence-electron chi connectivity index (χ3n) is 4.32. The molecule has 2 aromatic rings. The number of carbonyl (C=O) groups is 1. The van der Waals surface area contributed by atoms with Crippen molar-refractivity contribution in [3.8, 4) is 5.75 Å². The molecular weight excluding hydrogens is 308 g/mol. The summed E-state index contributed by atoms with van der Waals surface area (Å²) >= 11 is 0. The van der Waals surface area contributed by atoms with E-state index in [0.29, 0.717) is 17.3 Å². The van der Waals surface area contributed by atoms with Gasteiger partial charge in [0, 0.05) is 30.6 Å². The van der Waals surface area contributed by atoms with Crippen LogP contribution < -0.4 is 15.7 Å². The van der Waals surface area contributed by atoms with Gasteiger partial charge in [0.1, 0.15) is 11.3 Å². The molecule has 1 amide bonds. The van der Waals surface area contributed by atoms with Crippen LogP contribution in [0.2, 0.25) is 0 Å². The molecule has 24 heavy (non-hydrogen) atoms. The molecule has 6 nitrogen and oxygen atoms in total. The zero-order chi connectivity index (χ0) is 16.9. The van der Waals surface area contributed by atoms with E-state index in [2.05, 4.69) is 5.32 Å². The molecule has 3 rings (SSSR count). The molecule has 1 aromatic heterocycles. The Balaban J connectivity index is 1.60. The molecule has 0 radical (unpaired) electrons. The summed E-state index contributed by atoms with van der Waals surface area (Å²) in [7, 11) is 1.93. The topological polar surface area (TPSA) is 71.8 Å². The second-order valence-electron chi connectivity index (χ2n) is 6.15. The van der Waals surface area contributed by atoms with Gasteiger partial charge < -0.3 is 19.4 Å². The van der Waals surface area contributed by atoms with Crippen LogP contribution in [0.25, 0.3) is 11.0 Å². The number of rotatable bonds is 5. The van der Waals surface area contributed by atoms with Gasteiger partial charge in [-0.3, -0.25) is 4.79 Å². The second kappa shape index (κ2) is 7.49. The van der Waals surface area contributed by atoms with Gasteiger partial charge in [0.25, 0.3) is 5.91 Å². The lowest BCUT2D eigenvalue weighted by Gasteiger charge is -2.32. The van der Waals surface area contributed by atoms with Crippen molar-refractivity contribution >= 4 is 16.9 Å². The molecule has 1 aromatic carbocycles. The predicted molar refractivity (Wildman–Crippen MR) is 91.2 cm³/mol. The Bertz CT molecular complexity index is 769. The first kappa shape index (κ1) is 16.5. The molecule has 0 aliphatic carbocycles. The number of nitrogens with one attached hydrogen (secondary N) is 1. The summed E-state index contributed by atoms with van der Waals surface area (Å²) in [4.78, 5) is 25.5. The van der Waals surface area contributed by atoms with E-state index in [0.717, 1.165) is 37.9 Å². The monoisotopic (exact) mass is 330 g/mol. The Morgan fingerprint density at radius 3 is 3.04 bits per heavy atom. The van der Waals surface area contributed by atoms with Crippen LogP contribution in [0.4, 0.5) is 0 Å². The Morgan fingerprint density at radius 1 is 1.38 bits per heavy atom. The van der Waals surface area contributed by atoms with Gasteiger partial charge in [0.05, 0.1) is 0 Å². The predicted octanol–water partition coefficient (Wildman–Crippen LogP) is 1.63. The highest BCUT2D eigenvalue weighted by molar-refractivity contribution is 5.79. The van der Waals surface area contributed by atoms with Gasteiger partial charge in [-0.15, -0.1) is 0 Å². The van der Waals surface area contributed by atoms with Crippen molar-refractivity contribution in [2.45, 2.75) is 12.8 Å². The normalized spacial score (nSPS) is 17.9. The highest BCUT2D eigenvalue weighted by Crippen LogP contribution is 2.20. The van der Waals surface area contributed by atoms with Crippen LogP contribution in [0.1, 0.15) is 12.8 Å². The van der Waals surface area contributed by atoms with Gasteiger partial charge >= 0.3 is 5.63 Å². The maximum Gasteiger partial charge on any atom is 0.336 e. The van der Waals surface area contributed by atoms with E-state index in [-0.39, 0.29) is 12.5 Å². The molecule has 1 fully saturated rings. The molecule has 1 unspecified atom stereocenters. The van der Waals surface area contributed by atoms with E-state index in [9.17, 15) is 9.59 Å². The molecular formula is C18H22N2O4. The minimum Gasteiger partial charge on any atom is -0.484 e. The first-order chi connectivity index (χ1) is 11.7. The van der Waals surface area contributed by atoms with Gasteiger partial charge in [-0.1, -0.05) is 0 Å². The molecule has 128 valence electrons. The number of benzene rings is 1. The number of carbonyl (C=O) groups excluding carboxylic acids is 1. The first-order valence-electron chi connectivity index (χ1n) is 8.25. The molecule has 0 bridgehead atoms. The second-order valence-corrected chi connectivity index (χ2v) is 6.15. The van der Waals surface area contributed by atoms with Crippen molar-refractivity contribution in [1.29, 1.82) is 0 Å².